The second-order valence-corrected chi connectivity index (χ2v) is 5.36. The lowest BCUT2D eigenvalue weighted by Gasteiger charge is -2.10. The van der Waals surface area contributed by atoms with Gasteiger partial charge in [0.2, 0.25) is 5.91 Å². The number of carbonyl (C=O) groups excluding carboxylic acids is 1. The van der Waals surface area contributed by atoms with Crippen molar-refractivity contribution in [2.75, 3.05) is 6.54 Å². The quantitative estimate of drug-likeness (QED) is 0.848. The fourth-order valence-corrected chi connectivity index (χ4v) is 2.15. The molecular formula is C14H20BrNO2. The molecule has 0 aliphatic rings. The van der Waals surface area contributed by atoms with Gasteiger partial charge in [-0.3, -0.25) is 4.79 Å². The van der Waals surface area contributed by atoms with Crippen molar-refractivity contribution in [3.05, 3.63) is 33.8 Å². The zero-order valence-corrected chi connectivity index (χ0v) is 12.5. The molecule has 0 radical (unpaired) electrons. The van der Waals surface area contributed by atoms with Crippen molar-refractivity contribution in [3.63, 3.8) is 0 Å². The fourth-order valence-electron chi connectivity index (χ4n) is 1.68. The van der Waals surface area contributed by atoms with Crippen LogP contribution in [0.5, 0.6) is 0 Å². The number of nitrogens with one attached hydrogen (secondary N) is 1. The Labute approximate surface area is 117 Å². The van der Waals surface area contributed by atoms with E-state index >= 15 is 0 Å². The second-order valence-electron chi connectivity index (χ2n) is 4.45. The van der Waals surface area contributed by atoms with E-state index in [0.29, 0.717) is 19.4 Å². The van der Waals surface area contributed by atoms with Crippen molar-refractivity contribution in [2.45, 2.75) is 39.2 Å². The van der Waals surface area contributed by atoms with Crippen LogP contribution in [-0.4, -0.2) is 23.7 Å². The minimum atomic E-state index is -0.320. The maximum absolute atomic E-state index is 11.7. The maximum Gasteiger partial charge on any atom is 0.224 e. The Kier molecular flexibility index (Phi) is 6.36. The topological polar surface area (TPSA) is 49.3 Å². The van der Waals surface area contributed by atoms with Crippen molar-refractivity contribution in [3.8, 4) is 0 Å². The summed E-state index contributed by atoms with van der Waals surface area (Å²) in [4.78, 5) is 11.7. The minimum absolute atomic E-state index is 0.00345. The number of benzene rings is 1. The molecule has 0 bridgehead atoms. The summed E-state index contributed by atoms with van der Waals surface area (Å²) < 4.78 is 1.02. The zero-order chi connectivity index (χ0) is 13.5. The van der Waals surface area contributed by atoms with E-state index in [2.05, 4.69) is 21.2 Å². The molecule has 1 atom stereocenters. The summed E-state index contributed by atoms with van der Waals surface area (Å²) in [5.74, 6) is 0.00345. The number of halogens is 1. The van der Waals surface area contributed by atoms with E-state index in [-0.39, 0.29) is 12.0 Å². The fraction of sp³-hybridized carbons (Fsp3) is 0.500. The summed E-state index contributed by atoms with van der Waals surface area (Å²) in [6.45, 7) is 4.45. The zero-order valence-electron chi connectivity index (χ0n) is 10.9. The van der Waals surface area contributed by atoms with Crippen LogP contribution < -0.4 is 5.32 Å². The van der Waals surface area contributed by atoms with Crippen LogP contribution in [-0.2, 0) is 11.2 Å². The molecule has 100 valence electrons. The monoisotopic (exact) mass is 313 g/mol. The van der Waals surface area contributed by atoms with E-state index in [1.54, 1.807) is 0 Å². The van der Waals surface area contributed by atoms with Gasteiger partial charge in [-0.05, 0) is 43.0 Å². The van der Waals surface area contributed by atoms with E-state index < -0.39 is 0 Å². The molecule has 1 aromatic rings. The molecule has 0 aliphatic carbocycles. The Morgan fingerprint density at radius 2 is 2.22 bits per heavy atom. The lowest BCUT2D eigenvalue weighted by Crippen LogP contribution is -2.28. The number of aliphatic hydroxyl groups is 1. The molecule has 2 N–H and O–H groups in total. The van der Waals surface area contributed by atoms with Gasteiger partial charge in [0.15, 0.2) is 0 Å². The van der Waals surface area contributed by atoms with Crippen LogP contribution in [0.1, 0.15) is 30.9 Å². The molecule has 1 amide bonds. The first-order valence-corrected chi connectivity index (χ1v) is 7.02. The molecule has 0 fully saturated rings. The maximum atomic E-state index is 11.7. The summed E-state index contributed by atoms with van der Waals surface area (Å²) >= 11 is 3.40. The smallest absolute Gasteiger partial charge is 0.224 e. The molecule has 3 nitrogen and oxygen atoms in total. The van der Waals surface area contributed by atoms with E-state index in [1.807, 2.05) is 32.0 Å². The minimum Gasteiger partial charge on any atom is -0.393 e. The molecule has 1 rings (SSSR count). The highest BCUT2D eigenvalue weighted by molar-refractivity contribution is 9.10. The van der Waals surface area contributed by atoms with Gasteiger partial charge in [0.25, 0.3) is 0 Å². The molecule has 18 heavy (non-hydrogen) atoms. The standard InChI is InChI=1S/C14H20BrNO2/c1-3-13(17)6-7-16-14(18)9-11-4-5-12(15)8-10(11)2/h4-5,8,13,17H,3,6-7,9H2,1-2H3,(H,16,18). The summed E-state index contributed by atoms with van der Waals surface area (Å²) in [6.07, 6.45) is 1.41. The number of carbonyl (C=O) groups is 1. The Morgan fingerprint density at radius 3 is 2.83 bits per heavy atom. The highest BCUT2D eigenvalue weighted by Crippen LogP contribution is 2.16. The van der Waals surface area contributed by atoms with Crippen molar-refractivity contribution in [1.29, 1.82) is 0 Å². The molecule has 0 saturated carbocycles. The Bertz CT molecular complexity index is 407. The van der Waals surface area contributed by atoms with E-state index in [9.17, 15) is 9.90 Å². The highest BCUT2D eigenvalue weighted by atomic mass is 79.9. The van der Waals surface area contributed by atoms with Gasteiger partial charge in [-0.15, -0.1) is 0 Å². The lowest BCUT2D eigenvalue weighted by atomic mass is 10.1. The molecular weight excluding hydrogens is 294 g/mol. The van der Waals surface area contributed by atoms with Crippen molar-refractivity contribution >= 4 is 21.8 Å². The molecule has 0 saturated heterocycles. The molecule has 1 aromatic carbocycles. The molecule has 0 aromatic heterocycles. The summed E-state index contributed by atoms with van der Waals surface area (Å²) in [6, 6.07) is 5.90. The van der Waals surface area contributed by atoms with Crippen LogP contribution >= 0.6 is 15.9 Å². The average Bonchev–Trinajstić information content (AvgIpc) is 2.32. The molecule has 0 heterocycles. The van der Waals surface area contributed by atoms with Gasteiger partial charge in [0, 0.05) is 11.0 Å². The van der Waals surface area contributed by atoms with Crippen LogP contribution in [0.15, 0.2) is 22.7 Å². The normalized spacial score (nSPS) is 12.2. The molecule has 0 aliphatic heterocycles. The van der Waals surface area contributed by atoms with Crippen LogP contribution in [0.25, 0.3) is 0 Å². The predicted octanol–water partition coefficient (Wildman–Crippen LogP) is 2.58. The van der Waals surface area contributed by atoms with Gasteiger partial charge in [0.1, 0.15) is 0 Å². The Hall–Kier alpha value is -0.870. The first-order valence-electron chi connectivity index (χ1n) is 6.22. The van der Waals surface area contributed by atoms with E-state index in [0.717, 1.165) is 22.0 Å². The second kappa shape index (κ2) is 7.54. The number of rotatable bonds is 6. The van der Waals surface area contributed by atoms with Gasteiger partial charge in [0.05, 0.1) is 12.5 Å². The molecule has 1 unspecified atom stereocenters. The van der Waals surface area contributed by atoms with Crippen LogP contribution in [0.2, 0.25) is 0 Å². The summed E-state index contributed by atoms with van der Waals surface area (Å²) in [7, 11) is 0. The van der Waals surface area contributed by atoms with Crippen LogP contribution in [0, 0.1) is 6.92 Å². The van der Waals surface area contributed by atoms with Crippen molar-refractivity contribution < 1.29 is 9.90 Å². The number of amides is 1. The van der Waals surface area contributed by atoms with Crippen molar-refractivity contribution in [2.24, 2.45) is 0 Å². The molecule has 4 heteroatoms. The Morgan fingerprint density at radius 1 is 1.50 bits per heavy atom. The van der Waals surface area contributed by atoms with E-state index in [4.69, 9.17) is 0 Å². The third-order valence-corrected chi connectivity index (χ3v) is 3.42. The van der Waals surface area contributed by atoms with Gasteiger partial charge in [-0.1, -0.05) is 28.9 Å². The first kappa shape index (κ1) is 15.2. The lowest BCUT2D eigenvalue weighted by molar-refractivity contribution is -0.120. The van der Waals surface area contributed by atoms with Crippen LogP contribution in [0.4, 0.5) is 0 Å². The number of aliphatic hydroxyl groups excluding tert-OH is 1. The largest absolute Gasteiger partial charge is 0.393 e. The number of hydrogen-bond donors (Lipinski definition) is 2. The summed E-state index contributed by atoms with van der Waals surface area (Å²) in [5.41, 5.74) is 2.14. The predicted molar refractivity (Wildman–Crippen MR) is 76.5 cm³/mol. The number of hydrogen-bond acceptors (Lipinski definition) is 2. The van der Waals surface area contributed by atoms with Gasteiger partial charge in [-0.2, -0.15) is 0 Å². The van der Waals surface area contributed by atoms with Gasteiger partial charge >= 0.3 is 0 Å². The first-order chi connectivity index (χ1) is 8.52. The Balaban J connectivity index is 2.40. The van der Waals surface area contributed by atoms with Gasteiger partial charge < -0.3 is 10.4 Å². The van der Waals surface area contributed by atoms with Gasteiger partial charge in [-0.25, -0.2) is 0 Å². The highest BCUT2D eigenvalue weighted by Gasteiger charge is 2.07. The van der Waals surface area contributed by atoms with Crippen LogP contribution in [0.3, 0.4) is 0 Å². The number of aryl methyl sites for hydroxylation is 1. The third-order valence-electron chi connectivity index (χ3n) is 2.93. The third kappa shape index (κ3) is 5.19. The van der Waals surface area contributed by atoms with Crippen molar-refractivity contribution in [1.82, 2.24) is 5.32 Å². The SMILES string of the molecule is CCC(O)CCNC(=O)Cc1ccc(Br)cc1C. The molecule has 0 spiro atoms. The van der Waals surface area contributed by atoms with E-state index in [1.165, 1.54) is 0 Å². The summed E-state index contributed by atoms with van der Waals surface area (Å²) in [5, 5.41) is 12.2. The average molecular weight is 314 g/mol.